The average molecular weight is 227 g/mol. The number of nitrogens with two attached hydrogens (primary N) is 1. The lowest BCUT2D eigenvalue weighted by Crippen LogP contribution is -2.13. The SMILES string of the molecule is COCCCNc1ncnc(NN)c1OC. The second kappa shape index (κ2) is 6.81. The third-order valence-corrected chi connectivity index (χ3v) is 1.96. The summed E-state index contributed by atoms with van der Waals surface area (Å²) in [5.41, 5.74) is 2.45. The molecule has 0 spiro atoms. The average Bonchev–Trinajstić information content (AvgIpc) is 2.34. The highest BCUT2D eigenvalue weighted by Crippen LogP contribution is 2.27. The molecule has 4 N–H and O–H groups in total. The Kier molecular flexibility index (Phi) is 5.30. The first-order valence-corrected chi connectivity index (χ1v) is 4.92. The summed E-state index contributed by atoms with van der Waals surface area (Å²) in [6.07, 6.45) is 2.30. The van der Waals surface area contributed by atoms with Crippen molar-refractivity contribution in [1.82, 2.24) is 9.97 Å². The van der Waals surface area contributed by atoms with E-state index in [0.29, 0.717) is 24.0 Å². The number of nitrogen functional groups attached to an aromatic ring is 1. The molecule has 0 amide bonds. The van der Waals surface area contributed by atoms with E-state index in [9.17, 15) is 0 Å². The molecular weight excluding hydrogens is 210 g/mol. The summed E-state index contributed by atoms with van der Waals surface area (Å²) in [7, 11) is 3.21. The molecule has 0 aliphatic heterocycles. The van der Waals surface area contributed by atoms with E-state index in [0.717, 1.165) is 13.0 Å². The number of hydrogen-bond acceptors (Lipinski definition) is 7. The van der Waals surface area contributed by atoms with Crippen molar-refractivity contribution in [3.8, 4) is 5.75 Å². The van der Waals surface area contributed by atoms with Gasteiger partial charge in [-0.3, -0.25) is 0 Å². The van der Waals surface area contributed by atoms with Crippen LogP contribution in [0.4, 0.5) is 11.6 Å². The van der Waals surface area contributed by atoms with Gasteiger partial charge in [0.1, 0.15) is 6.33 Å². The van der Waals surface area contributed by atoms with Crippen LogP contribution in [-0.2, 0) is 4.74 Å². The van der Waals surface area contributed by atoms with Crippen molar-refractivity contribution < 1.29 is 9.47 Å². The molecule has 16 heavy (non-hydrogen) atoms. The molecule has 0 aliphatic rings. The van der Waals surface area contributed by atoms with Crippen LogP contribution >= 0.6 is 0 Å². The van der Waals surface area contributed by atoms with E-state index >= 15 is 0 Å². The molecule has 1 rings (SSSR count). The lowest BCUT2D eigenvalue weighted by atomic mass is 10.4. The fraction of sp³-hybridized carbons (Fsp3) is 0.556. The van der Waals surface area contributed by atoms with Gasteiger partial charge < -0.3 is 20.2 Å². The van der Waals surface area contributed by atoms with Gasteiger partial charge in [-0.15, -0.1) is 0 Å². The Bertz CT molecular complexity index is 321. The first-order valence-electron chi connectivity index (χ1n) is 4.92. The molecule has 90 valence electrons. The Hall–Kier alpha value is -1.60. The molecule has 0 atom stereocenters. The molecule has 0 saturated carbocycles. The minimum absolute atomic E-state index is 0.451. The van der Waals surface area contributed by atoms with Crippen LogP contribution in [0.5, 0.6) is 5.75 Å². The van der Waals surface area contributed by atoms with Crippen LogP contribution < -0.4 is 21.3 Å². The molecule has 0 fully saturated rings. The second-order valence-electron chi connectivity index (χ2n) is 3.02. The number of methoxy groups -OCH3 is 2. The molecular formula is C9H17N5O2. The van der Waals surface area contributed by atoms with Gasteiger partial charge in [0.05, 0.1) is 7.11 Å². The van der Waals surface area contributed by atoms with Crippen LogP contribution in [0.15, 0.2) is 6.33 Å². The van der Waals surface area contributed by atoms with Crippen LogP contribution in [0.25, 0.3) is 0 Å². The quantitative estimate of drug-likeness (QED) is 0.348. The fourth-order valence-electron chi connectivity index (χ4n) is 1.22. The number of aromatic nitrogens is 2. The Morgan fingerprint density at radius 2 is 2.06 bits per heavy atom. The highest BCUT2D eigenvalue weighted by Gasteiger charge is 2.10. The molecule has 1 aromatic heterocycles. The molecule has 0 saturated heterocycles. The first kappa shape index (κ1) is 12.5. The standard InChI is InChI=1S/C9H17N5O2/c1-15-5-3-4-11-8-7(16-2)9(14-10)13-6-12-8/h6H,3-5,10H2,1-2H3,(H2,11,12,13,14). The zero-order valence-electron chi connectivity index (χ0n) is 9.49. The summed E-state index contributed by atoms with van der Waals surface area (Å²) in [6.45, 7) is 1.44. The Balaban J connectivity index is 2.63. The van der Waals surface area contributed by atoms with Crippen molar-refractivity contribution >= 4 is 11.6 Å². The van der Waals surface area contributed by atoms with E-state index in [1.54, 1.807) is 14.2 Å². The number of anilines is 2. The first-order chi connectivity index (χ1) is 7.83. The number of rotatable bonds is 7. The molecule has 0 aliphatic carbocycles. The Morgan fingerprint density at radius 3 is 2.69 bits per heavy atom. The molecule has 0 aromatic carbocycles. The van der Waals surface area contributed by atoms with Crippen LogP contribution in [0.3, 0.4) is 0 Å². The van der Waals surface area contributed by atoms with E-state index < -0.39 is 0 Å². The summed E-state index contributed by atoms with van der Waals surface area (Å²) in [5, 5.41) is 3.12. The van der Waals surface area contributed by atoms with Gasteiger partial charge in [-0.1, -0.05) is 0 Å². The maximum Gasteiger partial charge on any atom is 0.205 e. The van der Waals surface area contributed by atoms with E-state index in [1.807, 2.05) is 0 Å². The second-order valence-corrected chi connectivity index (χ2v) is 3.02. The van der Waals surface area contributed by atoms with Crippen LogP contribution in [0.1, 0.15) is 6.42 Å². The zero-order valence-corrected chi connectivity index (χ0v) is 9.49. The van der Waals surface area contributed by atoms with Crippen LogP contribution in [-0.4, -0.2) is 37.3 Å². The summed E-state index contributed by atoms with van der Waals surface area (Å²) in [6, 6.07) is 0. The van der Waals surface area contributed by atoms with Gasteiger partial charge in [-0.2, -0.15) is 0 Å². The van der Waals surface area contributed by atoms with Gasteiger partial charge in [0, 0.05) is 20.3 Å². The van der Waals surface area contributed by atoms with Crippen molar-refractivity contribution in [1.29, 1.82) is 0 Å². The number of hydrogen-bond donors (Lipinski definition) is 3. The van der Waals surface area contributed by atoms with E-state index in [-0.39, 0.29) is 0 Å². The summed E-state index contributed by atoms with van der Waals surface area (Å²) >= 11 is 0. The van der Waals surface area contributed by atoms with Gasteiger partial charge in [-0.05, 0) is 6.42 Å². The summed E-state index contributed by atoms with van der Waals surface area (Å²) in [4.78, 5) is 8.01. The highest BCUT2D eigenvalue weighted by atomic mass is 16.5. The van der Waals surface area contributed by atoms with Gasteiger partial charge >= 0.3 is 0 Å². The monoisotopic (exact) mass is 227 g/mol. The third-order valence-electron chi connectivity index (χ3n) is 1.96. The molecule has 0 radical (unpaired) electrons. The molecule has 1 heterocycles. The van der Waals surface area contributed by atoms with Crippen molar-refractivity contribution in [3.05, 3.63) is 6.33 Å². The third kappa shape index (κ3) is 3.21. The van der Waals surface area contributed by atoms with Crippen LogP contribution in [0.2, 0.25) is 0 Å². The van der Waals surface area contributed by atoms with Crippen molar-refractivity contribution in [2.75, 3.05) is 38.1 Å². The molecule has 1 aromatic rings. The predicted molar refractivity (Wildman–Crippen MR) is 61.4 cm³/mol. The largest absolute Gasteiger partial charge is 0.490 e. The van der Waals surface area contributed by atoms with Crippen molar-refractivity contribution in [3.63, 3.8) is 0 Å². The van der Waals surface area contributed by atoms with Crippen molar-refractivity contribution in [2.45, 2.75) is 6.42 Å². The molecule has 0 unspecified atom stereocenters. The number of nitrogens with one attached hydrogen (secondary N) is 2. The van der Waals surface area contributed by atoms with E-state index in [2.05, 4.69) is 20.7 Å². The molecule has 7 heteroatoms. The number of ether oxygens (including phenoxy) is 2. The maximum atomic E-state index is 5.30. The highest BCUT2D eigenvalue weighted by molar-refractivity contribution is 5.62. The van der Waals surface area contributed by atoms with Gasteiger partial charge in [0.25, 0.3) is 0 Å². The van der Waals surface area contributed by atoms with E-state index in [1.165, 1.54) is 6.33 Å². The minimum Gasteiger partial charge on any atom is -0.490 e. The smallest absolute Gasteiger partial charge is 0.205 e. The molecule has 0 bridgehead atoms. The lowest BCUT2D eigenvalue weighted by Gasteiger charge is -2.12. The summed E-state index contributed by atoms with van der Waals surface area (Å²) < 4.78 is 10.1. The van der Waals surface area contributed by atoms with Gasteiger partial charge in [0.2, 0.25) is 5.75 Å². The predicted octanol–water partition coefficient (Wildman–Crippen LogP) is 0.219. The summed E-state index contributed by atoms with van der Waals surface area (Å²) in [5.74, 6) is 6.87. The van der Waals surface area contributed by atoms with Crippen molar-refractivity contribution in [2.24, 2.45) is 5.84 Å². The van der Waals surface area contributed by atoms with Gasteiger partial charge in [0.15, 0.2) is 11.6 Å². The molecule has 7 nitrogen and oxygen atoms in total. The Morgan fingerprint density at radius 1 is 1.31 bits per heavy atom. The number of nitrogens with zero attached hydrogens (tertiary/aromatic N) is 2. The minimum atomic E-state index is 0.451. The normalized spacial score (nSPS) is 9.94. The Labute approximate surface area is 94.3 Å². The fourth-order valence-corrected chi connectivity index (χ4v) is 1.22. The number of hydrazine groups is 1. The lowest BCUT2D eigenvalue weighted by molar-refractivity contribution is 0.197. The maximum absolute atomic E-state index is 5.30. The topological polar surface area (TPSA) is 94.3 Å². The van der Waals surface area contributed by atoms with Crippen LogP contribution in [0, 0.1) is 0 Å². The van der Waals surface area contributed by atoms with Gasteiger partial charge in [-0.25, -0.2) is 15.8 Å². The van der Waals surface area contributed by atoms with E-state index in [4.69, 9.17) is 15.3 Å². The zero-order chi connectivity index (χ0) is 11.8.